The largest absolute Gasteiger partial charge is 0.361 e. The van der Waals surface area contributed by atoms with Gasteiger partial charge in [0.2, 0.25) is 0 Å². The highest BCUT2D eigenvalue weighted by atomic mass is 16.5. The molecule has 1 atom stereocenters. The van der Waals surface area contributed by atoms with E-state index in [-0.39, 0.29) is 12.1 Å². The molecule has 0 saturated carbocycles. The summed E-state index contributed by atoms with van der Waals surface area (Å²) in [5.41, 5.74) is 4.98. The molecule has 1 amide bonds. The topological polar surface area (TPSA) is 55.5 Å². The van der Waals surface area contributed by atoms with Crippen LogP contribution in [0.4, 0.5) is 0 Å². The van der Waals surface area contributed by atoms with E-state index in [1.165, 1.54) is 5.56 Å². The Labute approximate surface area is 235 Å². The maximum absolute atomic E-state index is 13.9. The predicted molar refractivity (Wildman–Crippen MR) is 158 cm³/mol. The van der Waals surface area contributed by atoms with Gasteiger partial charge in [-0.1, -0.05) is 72.8 Å². The number of piperazine rings is 1. The standard InChI is InChI=1S/C33H35N5O2/c1-35-15-17-37(18-16-35)33(39)31-23-36(22-30(31)29-14-8-12-26-11-6-7-13-28(26)29)21-27-20-34-24-38(27)32(40-2)19-25-9-4-3-5-10-25/h3-14,20,22-24,32H,15-19,21H2,1-2H3. The molecule has 7 heteroatoms. The number of amides is 1. The van der Waals surface area contributed by atoms with E-state index in [2.05, 4.69) is 86.9 Å². The Balaban J connectivity index is 1.36. The van der Waals surface area contributed by atoms with Gasteiger partial charge >= 0.3 is 0 Å². The maximum atomic E-state index is 13.9. The average molecular weight is 534 g/mol. The zero-order valence-electron chi connectivity index (χ0n) is 23.1. The first-order valence-electron chi connectivity index (χ1n) is 13.8. The summed E-state index contributed by atoms with van der Waals surface area (Å²) in [7, 11) is 3.84. The summed E-state index contributed by atoms with van der Waals surface area (Å²) in [5, 5.41) is 2.30. The predicted octanol–water partition coefficient (Wildman–Crippen LogP) is 5.33. The first-order chi connectivity index (χ1) is 19.6. The van der Waals surface area contributed by atoms with Gasteiger partial charge in [0, 0.05) is 57.7 Å². The van der Waals surface area contributed by atoms with Crippen molar-refractivity contribution in [2.45, 2.75) is 19.2 Å². The van der Waals surface area contributed by atoms with E-state index in [4.69, 9.17) is 4.74 Å². The van der Waals surface area contributed by atoms with Crippen molar-refractivity contribution in [3.63, 3.8) is 0 Å². The van der Waals surface area contributed by atoms with E-state index in [0.717, 1.165) is 65.8 Å². The smallest absolute Gasteiger partial charge is 0.256 e. The van der Waals surface area contributed by atoms with Crippen LogP contribution >= 0.6 is 0 Å². The summed E-state index contributed by atoms with van der Waals surface area (Å²) >= 11 is 0. The molecule has 0 N–H and O–H groups in total. The molecular weight excluding hydrogens is 498 g/mol. The van der Waals surface area contributed by atoms with Crippen LogP contribution in [0.3, 0.4) is 0 Å². The molecule has 7 nitrogen and oxygen atoms in total. The fourth-order valence-corrected chi connectivity index (χ4v) is 5.64. The van der Waals surface area contributed by atoms with Gasteiger partial charge in [-0.2, -0.15) is 0 Å². The second-order valence-corrected chi connectivity index (χ2v) is 10.6. The molecule has 1 fully saturated rings. The van der Waals surface area contributed by atoms with Gasteiger partial charge < -0.3 is 23.7 Å². The first-order valence-corrected chi connectivity index (χ1v) is 13.8. The van der Waals surface area contributed by atoms with E-state index in [1.54, 1.807) is 7.11 Å². The van der Waals surface area contributed by atoms with Crippen molar-refractivity contribution in [2.75, 3.05) is 40.3 Å². The molecular formula is C33H35N5O2. The van der Waals surface area contributed by atoms with Crippen molar-refractivity contribution in [3.8, 4) is 11.1 Å². The number of carbonyl (C=O) groups is 1. The lowest BCUT2D eigenvalue weighted by atomic mass is 9.97. The van der Waals surface area contributed by atoms with Crippen LogP contribution in [0.15, 0.2) is 97.7 Å². The van der Waals surface area contributed by atoms with Crippen molar-refractivity contribution in [3.05, 3.63) is 115 Å². The molecule has 3 aromatic carbocycles. The van der Waals surface area contributed by atoms with E-state index < -0.39 is 0 Å². The van der Waals surface area contributed by atoms with Crippen molar-refractivity contribution >= 4 is 16.7 Å². The fraction of sp³-hybridized carbons (Fsp3) is 0.273. The quantitative estimate of drug-likeness (QED) is 0.271. The SMILES string of the molecule is COC(Cc1ccccc1)n1cncc1Cn1cc(C(=O)N2CCN(C)CC2)c(-c2cccc3ccccc23)c1. The number of imidazole rings is 1. The van der Waals surface area contributed by atoms with Crippen molar-refractivity contribution in [1.29, 1.82) is 0 Å². The third-order valence-corrected chi connectivity index (χ3v) is 7.91. The minimum Gasteiger partial charge on any atom is -0.361 e. The normalized spacial score (nSPS) is 15.0. The molecule has 0 radical (unpaired) electrons. The van der Waals surface area contributed by atoms with E-state index in [1.807, 2.05) is 41.8 Å². The summed E-state index contributed by atoms with van der Waals surface area (Å²) in [6.07, 6.45) is 8.39. The number of methoxy groups -OCH3 is 1. The van der Waals surface area contributed by atoms with Crippen molar-refractivity contribution in [1.82, 2.24) is 23.9 Å². The van der Waals surface area contributed by atoms with E-state index in [9.17, 15) is 4.79 Å². The highest BCUT2D eigenvalue weighted by Crippen LogP contribution is 2.33. The molecule has 3 heterocycles. The zero-order valence-corrected chi connectivity index (χ0v) is 23.1. The number of rotatable bonds is 8. The van der Waals surface area contributed by atoms with E-state index in [0.29, 0.717) is 6.54 Å². The average Bonchev–Trinajstić information content (AvgIpc) is 3.63. The minimum atomic E-state index is -0.181. The van der Waals surface area contributed by atoms with Crippen LogP contribution < -0.4 is 0 Å². The Morgan fingerprint density at radius 2 is 1.65 bits per heavy atom. The van der Waals surface area contributed by atoms with Gasteiger partial charge in [0.25, 0.3) is 5.91 Å². The number of likely N-dealkylation sites (N-methyl/N-ethyl adjacent to an activating group) is 1. The number of aromatic nitrogens is 3. The number of hydrogen-bond acceptors (Lipinski definition) is 4. The lowest BCUT2D eigenvalue weighted by Gasteiger charge is -2.32. The van der Waals surface area contributed by atoms with Gasteiger partial charge in [-0.25, -0.2) is 4.98 Å². The second-order valence-electron chi connectivity index (χ2n) is 10.6. The van der Waals surface area contributed by atoms with Gasteiger partial charge in [0.05, 0.1) is 30.3 Å². The van der Waals surface area contributed by atoms with Crippen LogP contribution in [0, 0.1) is 0 Å². The highest BCUT2D eigenvalue weighted by Gasteiger charge is 2.25. The van der Waals surface area contributed by atoms with Crippen LogP contribution in [-0.4, -0.2) is 70.2 Å². The first kappa shape index (κ1) is 26.0. The van der Waals surface area contributed by atoms with Crippen LogP contribution in [0.25, 0.3) is 21.9 Å². The molecule has 0 spiro atoms. The zero-order chi connectivity index (χ0) is 27.5. The monoisotopic (exact) mass is 533 g/mol. The maximum Gasteiger partial charge on any atom is 0.256 e. The molecule has 1 aliphatic heterocycles. The molecule has 2 aromatic heterocycles. The van der Waals surface area contributed by atoms with Gasteiger partial charge in [-0.15, -0.1) is 0 Å². The van der Waals surface area contributed by atoms with Crippen molar-refractivity contribution < 1.29 is 9.53 Å². The minimum absolute atomic E-state index is 0.0853. The number of hydrogen-bond donors (Lipinski definition) is 0. The number of fused-ring (bicyclic) bond motifs is 1. The fourth-order valence-electron chi connectivity index (χ4n) is 5.64. The summed E-state index contributed by atoms with van der Waals surface area (Å²) in [5.74, 6) is 0.0853. The van der Waals surface area contributed by atoms with Crippen LogP contribution in [0.5, 0.6) is 0 Å². The molecule has 6 rings (SSSR count). The van der Waals surface area contributed by atoms with Gasteiger partial charge in [-0.05, 0) is 28.9 Å². The summed E-state index contributed by atoms with van der Waals surface area (Å²) in [6.45, 7) is 3.81. The number of nitrogens with zero attached hydrogens (tertiary/aromatic N) is 5. The van der Waals surface area contributed by atoms with Crippen LogP contribution in [0.1, 0.15) is 27.8 Å². The molecule has 1 unspecified atom stereocenters. The molecule has 0 aliphatic carbocycles. The van der Waals surface area contributed by atoms with Crippen molar-refractivity contribution in [2.24, 2.45) is 0 Å². The third-order valence-electron chi connectivity index (χ3n) is 7.91. The van der Waals surface area contributed by atoms with Gasteiger partial charge in [0.15, 0.2) is 0 Å². The number of ether oxygens (including phenoxy) is 1. The molecule has 5 aromatic rings. The van der Waals surface area contributed by atoms with Crippen LogP contribution in [-0.2, 0) is 17.7 Å². The Morgan fingerprint density at radius 1 is 0.900 bits per heavy atom. The molecule has 0 bridgehead atoms. The Kier molecular flexibility index (Phi) is 7.49. The summed E-state index contributed by atoms with van der Waals surface area (Å²) in [4.78, 5) is 22.6. The lowest BCUT2D eigenvalue weighted by molar-refractivity contribution is 0.0421. The Morgan fingerprint density at radius 3 is 2.45 bits per heavy atom. The number of carbonyl (C=O) groups excluding carboxylic acids is 1. The van der Waals surface area contributed by atoms with Gasteiger partial charge in [-0.3, -0.25) is 4.79 Å². The Hall–Kier alpha value is -4.20. The number of benzene rings is 3. The highest BCUT2D eigenvalue weighted by molar-refractivity contribution is 6.06. The molecule has 40 heavy (non-hydrogen) atoms. The Bertz CT molecular complexity index is 1590. The lowest BCUT2D eigenvalue weighted by Crippen LogP contribution is -2.47. The van der Waals surface area contributed by atoms with Crippen LogP contribution in [0.2, 0.25) is 0 Å². The summed E-state index contributed by atoms with van der Waals surface area (Å²) in [6, 6.07) is 25.0. The molecule has 1 saturated heterocycles. The van der Waals surface area contributed by atoms with E-state index >= 15 is 0 Å². The van der Waals surface area contributed by atoms with Gasteiger partial charge in [0.1, 0.15) is 6.23 Å². The molecule has 204 valence electrons. The second kappa shape index (κ2) is 11.5. The third kappa shape index (κ3) is 5.30. The summed E-state index contributed by atoms with van der Waals surface area (Å²) < 4.78 is 10.1. The molecule has 1 aliphatic rings.